The molecule has 2 unspecified atom stereocenters. The SMILES string of the molecule is CC1=C2N(C)C(=O)CC[C@]2(C)[C@H]2CC[C@]3(C)[C@@H](C(=O)NC4C(F)=CC(F)(C#N)C(F)=C4F)CC[C@H]3[C@@H]2C1. The van der Waals surface area contributed by atoms with E-state index in [9.17, 15) is 27.2 Å². The minimum atomic E-state index is -3.52. The molecule has 0 spiro atoms. The van der Waals surface area contributed by atoms with Gasteiger partial charge in [-0.3, -0.25) is 9.59 Å². The van der Waals surface area contributed by atoms with Gasteiger partial charge in [-0.1, -0.05) is 19.4 Å². The highest BCUT2D eigenvalue weighted by Crippen LogP contribution is 2.66. The summed E-state index contributed by atoms with van der Waals surface area (Å²) < 4.78 is 57.5. The summed E-state index contributed by atoms with van der Waals surface area (Å²) in [5, 5.41) is 11.1. The van der Waals surface area contributed by atoms with Gasteiger partial charge in [0.2, 0.25) is 11.8 Å². The Hall–Kier alpha value is -2.63. The highest BCUT2D eigenvalue weighted by molar-refractivity contribution is 5.81. The maximum absolute atomic E-state index is 14.6. The van der Waals surface area contributed by atoms with E-state index in [1.54, 1.807) is 0 Å². The Bertz CT molecular complexity index is 1200. The molecule has 3 fully saturated rings. The van der Waals surface area contributed by atoms with Crippen LogP contribution in [0.2, 0.25) is 0 Å². The first-order chi connectivity index (χ1) is 17.3. The average molecular weight is 520 g/mol. The molecule has 0 aromatic heterocycles. The molecule has 1 aliphatic heterocycles. The topological polar surface area (TPSA) is 73.2 Å². The van der Waals surface area contributed by atoms with E-state index >= 15 is 0 Å². The van der Waals surface area contributed by atoms with E-state index in [2.05, 4.69) is 26.1 Å². The van der Waals surface area contributed by atoms with E-state index in [1.165, 1.54) is 5.57 Å². The van der Waals surface area contributed by atoms with E-state index in [0.29, 0.717) is 24.7 Å². The van der Waals surface area contributed by atoms with E-state index in [1.807, 2.05) is 11.9 Å². The summed E-state index contributed by atoms with van der Waals surface area (Å²) in [6, 6.07) is -1.14. The first-order valence-electron chi connectivity index (χ1n) is 13.1. The third kappa shape index (κ3) is 3.54. The van der Waals surface area contributed by atoms with Crippen LogP contribution in [0.3, 0.4) is 0 Å². The number of nitrogens with zero attached hydrogens (tertiary/aromatic N) is 2. The molecular formula is C28H33F4N3O2. The molecule has 2 amide bonds. The number of alkyl halides is 1. The zero-order valence-electron chi connectivity index (χ0n) is 21.6. The van der Waals surface area contributed by atoms with Crippen molar-refractivity contribution in [3.63, 3.8) is 0 Å². The van der Waals surface area contributed by atoms with E-state index < -0.39 is 46.4 Å². The van der Waals surface area contributed by atoms with Crippen LogP contribution in [-0.2, 0) is 9.59 Å². The molecule has 1 N–H and O–H groups in total. The number of fused-ring (bicyclic) bond motifs is 5. The molecule has 0 bridgehead atoms. The Morgan fingerprint density at radius 2 is 1.86 bits per heavy atom. The van der Waals surface area contributed by atoms with Gasteiger partial charge in [-0.05, 0) is 68.6 Å². The fourth-order valence-corrected chi connectivity index (χ4v) is 8.75. The van der Waals surface area contributed by atoms with Crippen molar-refractivity contribution in [2.75, 3.05) is 7.05 Å². The van der Waals surface area contributed by atoms with Crippen molar-refractivity contribution >= 4 is 11.8 Å². The lowest BCUT2D eigenvalue weighted by molar-refractivity contribution is -0.139. The first-order valence-corrected chi connectivity index (χ1v) is 13.1. The Morgan fingerprint density at radius 1 is 1.16 bits per heavy atom. The third-order valence-electron chi connectivity index (χ3n) is 10.5. The number of nitrogens with one attached hydrogen (secondary N) is 1. The zero-order valence-corrected chi connectivity index (χ0v) is 21.6. The molecule has 37 heavy (non-hydrogen) atoms. The predicted molar refractivity (Wildman–Crippen MR) is 128 cm³/mol. The van der Waals surface area contributed by atoms with Gasteiger partial charge in [-0.25, -0.2) is 17.6 Å². The summed E-state index contributed by atoms with van der Waals surface area (Å²) in [4.78, 5) is 27.7. The molecule has 8 atom stereocenters. The number of piperidine rings is 1. The monoisotopic (exact) mass is 519 g/mol. The molecule has 4 aliphatic carbocycles. The molecule has 5 rings (SSSR count). The lowest BCUT2D eigenvalue weighted by Crippen LogP contribution is -2.55. The van der Waals surface area contributed by atoms with Crippen molar-refractivity contribution in [2.24, 2.45) is 34.5 Å². The molecule has 5 aliphatic rings. The van der Waals surface area contributed by atoms with Crippen molar-refractivity contribution in [3.05, 3.63) is 34.8 Å². The molecule has 2 saturated carbocycles. The van der Waals surface area contributed by atoms with Gasteiger partial charge in [0, 0.05) is 36.6 Å². The van der Waals surface area contributed by atoms with Crippen LogP contribution < -0.4 is 5.32 Å². The number of halogens is 4. The number of hydrogen-bond acceptors (Lipinski definition) is 3. The van der Waals surface area contributed by atoms with Crippen molar-refractivity contribution in [1.82, 2.24) is 10.2 Å². The summed E-state index contributed by atoms with van der Waals surface area (Å²) in [6.45, 7) is 6.43. The first kappa shape index (κ1) is 26.0. The fraction of sp³-hybridized carbons (Fsp3) is 0.679. The molecule has 5 nitrogen and oxygen atoms in total. The lowest BCUT2D eigenvalue weighted by atomic mass is 9.48. The molecule has 0 radical (unpaired) electrons. The van der Waals surface area contributed by atoms with Crippen LogP contribution in [0.15, 0.2) is 34.8 Å². The van der Waals surface area contributed by atoms with Gasteiger partial charge < -0.3 is 10.2 Å². The second-order valence-corrected chi connectivity index (χ2v) is 12.2. The normalized spacial score (nSPS) is 43.5. The molecule has 0 aromatic rings. The summed E-state index contributed by atoms with van der Waals surface area (Å²) >= 11 is 0. The Kier molecular flexibility index (Phi) is 5.93. The average Bonchev–Trinajstić information content (AvgIpc) is 3.20. The van der Waals surface area contributed by atoms with Crippen LogP contribution in [-0.4, -0.2) is 35.5 Å². The number of hydrogen-bond donors (Lipinski definition) is 1. The van der Waals surface area contributed by atoms with Gasteiger partial charge in [-0.2, -0.15) is 5.26 Å². The number of rotatable bonds is 2. The minimum absolute atomic E-state index is 0.0854. The van der Waals surface area contributed by atoms with E-state index in [0.717, 1.165) is 43.9 Å². The Balaban J connectivity index is 1.39. The van der Waals surface area contributed by atoms with Crippen LogP contribution in [0, 0.1) is 45.8 Å². The summed E-state index contributed by atoms with van der Waals surface area (Å²) in [5.74, 6) is -5.31. The fourth-order valence-electron chi connectivity index (χ4n) is 8.75. The zero-order chi connectivity index (χ0) is 27.1. The molecule has 0 aromatic carbocycles. The molecule has 200 valence electrons. The second kappa shape index (κ2) is 8.44. The van der Waals surface area contributed by atoms with E-state index in [4.69, 9.17) is 5.26 Å². The molecule has 9 heteroatoms. The van der Waals surface area contributed by atoms with Crippen LogP contribution in [0.4, 0.5) is 17.6 Å². The van der Waals surface area contributed by atoms with Crippen LogP contribution in [0.25, 0.3) is 0 Å². The standard InChI is InChI=1S/C28H33F4N3O2/c1-14-11-15-16-5-6-18(25(37)34-22-19(29)12-28(32,13-33)23(31)21(22)30)26(16,2)9-7-17(15)27(3)10-8-20(36)35(4)24(14)27/h12,15-18,22H,5-11H2,1-4H3,(H,34,37)/t15-,16-,17-,18+,22?,26-,27+,28?/m0/s1. The van der Waals surface area contributed by atoms with Crippen LogP contribution in [0.5, 0.6) is 0 Å². The lowest BCUT2D eigenvalue weighted by Gasteiger charge is -2.59. The van der Waals surface area contributed by atoms with Gasteiger partial charge in [0.25, 0.3) is 5.67 Å². The van der Waals surface area contributed by atoms with Crippen molar-refractivity contribution < 1.29 is 27.2 Å². The number of nitriles is 1. The van der Waals surface area contributed by atoms with Crippen molar-refractivity contribution in [2.45, 2.75) is 77.4 Å². The maximum atomic E-state index is 14.6. The summed E-state index contributed by atoms with van der Waals surface area (Å²) in [5.41, 5.74) is -1.68. The largest absolute Gasteiger partial charge is 0.340 e. The van der Waals surface area contributed by atoms with E-state index in [-0.39, 0.29) is 23.3 Å². The minimum Gasteiger partial charge on any atom is -0.340 e. The van der Waals surface area contributed by atoms with Crippen molar-refractivity contribution in [1.29, 1.82) is 5.26 Å². The molecular weight excluding hydrogens is 486 g/mol. The van der Waals surface area contributed by atoms with Crippen LogP contribution >= 0.6 is 0 Å². The molecule has 1 heterocycles. The maximum Gasteiger partial charge on any atom is 0.270 e. The number of carbonyl (C=O) groups excluding carboxylic acids is 2. The highest BCUT2D eigenvalue weighted by atomic mass is 19.2. The third-order valence-corrected chi connectivity index (χ3v) is 10.5. The van der Waals surface area contributed by atoms with Gasteiger partial charge >= 0.3 is 0 Å². The molecule has 1 saturated heterocycles. The van der Waals surface area contributed by atoms with Gasteiger partial charge in [0.15, 0.2) is 11.7 Å². The van der Waals surface area contributed by atoms with Gasteiger partial charge in [-0.15, -0.1) is 0 Å². The van der Waals surface area contributed by atoms with Crippen molar-refractivity contribution in [3.8, 4) is 6.07 Å². The Morgan fingerprint density at radius 3 is 2.54 bits per heavy atom. The van der Waals surface area contributed by atoms with Gasteiger partial charge in [0.1, 0.15) is 17.9 Å². The second-order valence-electron chi connectivity index (χ2n) is 12.2. The Labute approximate surface area is 214 Å². The number of likely N-dealkylation sites (tertiary alicyclic amines) is 1. The predicted octanol–water partition coefficient (Wildman–Crippen LogP) is 5.72. The number of allylic oxidation sites excluding steroid dienone is 4. The summed E-state index contributed by atoms with van der Waals surface area (Å²) in [6.07, 6.45) is 5.22. The van der Waals surface area contributed by atoms with Gasteiger partial charge in [0.05, 0.1) is 0 Å². The number of amides is 2. The number of carbonyl (C=O) groups is 2. The smallest absolute Gasteiger partial charge is 0.270 e. The quantitative estimate of drug-likeness (QED) is 0.475. The summed E-state index contributed by atoms with van der Waals surface area (Å²) in [7, 11) is 1.86. The highest BCUT2D eigenvalue weighted by Gasteiger charge is 2.61. The van der Waals surface area contributed by atoms with Crippen LogP contribution in [0.1, 0.15) is 65.7 Å².